The Balaban J connectivity index is 1.36. The zero-order chi connectivity index (χ0) is 20.1. The van der Waals surface area contributed by atoms with Crippen LogP contribution in [0.3, 0.4) is 0 Å². The molecule has 28 heavy (non-hydrogen) atoms. The smallest absolute Gasteiger partial charge is 0.269 e. The van der Waals surface area contributed by atoms with E-state index in [0.29, 0.717) is 13.1 Å². The lowest BCUT2D eigenvalue weighted by atomic mass is 9.81. The van der Waals surface area contributed by atoms with Crippen LogP contribution >= 0.6 is 0 Å². The van der Waals surface area contributed by atoms with E-state index in [-0.39, 0.29) is 48.2 Å². The fourth-order valence-corrected chi connectivity index (χ4v) is 3.86. The second-order valence-electron chi connectivity index (χ2n) is 7.16. The number of anilines is 1. The van der Waals surface area contributed by atoms with Gasteiger partial charge in [0.25, 0.3) is 5.69 Å². The first-order valence-corrected chi connectivity index (χ1v) is 9.57. The molecule has 9 heteroatoms. The van der Waals surface area contributed by atoms with Crippen molar-refractivity contribution in [1.29, 1.82) is 0 Å². The summed E-state index contributed by atoms with van der Waals surface area (Å²) in [7, 11) is 0. The minimum Gasteiger partial charge on any atom is -0.383 e. The molecular formula is C19H24N4O5. The summed E-state index contributed by atoms with van der Waals surface area (Å²) in [5.74, 6) is -0.837. The molecule has 9 nitrogen and oxygen atoms in total. The molecule has 2 fully saturated rings. The minimum atomic E-state index is -0.464. The molecule has 0 spiro atoms. The van der Waals surface area contributed by atoms with Gasteiger partial charge < -0.3 is 10.6 Å². The van der Waals surface area contributed by atoms with Gasteiger partial charge in [-0.3, -0.25) is 29.4 Å². The van der Waals surface area contributed by atoms with Crippen molar-refractivity contribution in [3.05, 3.63) is 34.4 Å². The number of carbonyl (C=O) groups excluding carboxylic acids is 3. The van der Waals surface area contributed by atoms with Gasteiger partial charge in [0.2, 0.25) is 17.7 Å². The predicted molar refractivity (Wildman–Crippen MR) is 101 cm³/mol. The van der Waals surface area contributed by atoms with Crippen LogP contribution < -0.4 is 10.6 Å². The number of nitro groups is 1. The first-order valence-electron chi connectivity index (χ1n) is 9.57. The van der Waals surface area contributed by atoms with Crippen molar-refractivity contribution in [2.75, 3.05) is 25.0 Å². The number of likely N-dealkylation sites (tertiary alicyclic amines) is 1. The standard InChI is InChI=1S/C19H24N4O5/c24-17(21-11-10-20-13-5-7-14(8-6-13)23(27)28)9-12-22-18(25)15-3-1-2-4-16(15)19(22)26/h5-8,15-16,20H,1-4,9-12H2,(H,21,24). The quantitative estimate of drug-likeness (QED) is 0.302. The van der Waals surface area contributed by atoms with Crippen molar-refractivity contribution >= 4 is 29.1 Å². The molecule has 0 aromatic heterocycles. The van der Waals surface area contributed by atoms with Crippen molar-refractivity contribution < 1.29 is 19.3 Å². The number of benzene rings is 1. The average molecular weight is 388 g/mol. The van der Waals surface area contributed by atoms with Gasteiger partial charge in [-0.2, -0.15) is 0 Å². The highest BCUT2D eigenvalue weighted by Crippen LogP contribution is 2.37. The molecule has 1 aromatic rings. The van der Waals surface area contributed by atoms with Crippen molar-refractivity contribution in [2.45, 2.75) is 32.1 Å². The van der Waals surface area contributed by atoms with Crippen molar-refractivity contribution in [1.82, 2.24) is 10.2 Å². The third-order valence-electron chi connectivity index (χ3n) is 5.35. The van der Waals surface area contributed by atoms with E-state index in [1.54, 1.807) is 12.1 Å². The zero-order valence-electron chi connectivity index (χ0n) is 15.6. The van der Waals surface area contributed by atoms with Crippen molar-refractivity contribution in [3.8, 4) is 0 Å². The second-order valence-corrected chi connectivity index (χ2v) is 7.16. The molecule has 2 atom stereocenters. The maximum atomic E-state index is 12.4. The Morgan fingerprint density at radius 1 is 1.07 bits per heavy atom. The molecule has 1 heterocycles. The number of amides is 3. The van der Waals surface area contributed by atoms with E-state index in [4.69, 9.17) is 0 Å². The van der Waals surface area contributed by atoms with Gasteiger partial charge in [0, 0.05) is 43.9 Å². The lowest BCUT2D eigenvalue weighted by Crippen LogP contribution is -2.36. The third-order valence-corrected chi connectivity index (χ3v) is 5.35. The number of fused-ring (bicyclic) bond motifs is 1. The van der Waals surface area contributed by atoms with E-state index in [9.17, 15) is 24.5 Å². The molecule has 2 N–H and O–H groups in total. The molecule has 3 amide bonds. The molecule has 3 rings (SSSR count). The Hall–Kier alpha value is -2.97. The third kappa shape index (κ3) is 4.47. The summed E-state index contributed by atoms with van der Waals surface area (Å²) in [5, 5.41) is 16.4. The number of hydrogen-bond acceptors (Lipinski definition) is 6. The maximum Gasteiger partial charge on any atom is 0.269 e. The van der Waals surface area contributed by atoms with Crippen LogP contribution in [0.1, 0.15) is 32.1 Å². The Bertz CT molecular complexity index is 740. The number of rotatable bonds is 8. The molecule has 0 radical (unpaired) electrons. The van der Waals surface area contributed by atoms with Crippen LogP contribution in [0.5, 0.6) is 0 Å². The molecule has 1 saturated heterocycles. The number of hydrogen-bond donors (Lipinski definition) is 2. The van der Waals surface area contributed by atoms with Gasteiger partial charge in [0.05, 0.1) is 16.8 Å². The first kappa shape index (κ1) is 19.8. The molecule has 2 unspecified atom stereocenters. The molecular weight excluding hydrogens is 364 g/mol. The van der Waals surface area contributed by atoms with E-state index in [1.807, 2.05) is 0 Å². The van der Waals surface area contributed by atoms with Gasteiger partial charge in [-0.15, -0.1) is 0 Å². The van der Waals surface area contributed by atoms with E-state index >= 15 is 0 Å². The second kappa shape index (κ2) is 8.81. The number of carbonyl (C=O) groups is 3. The van der Waals surface area contributed by atoms with E-state index in [0.717, 1.165) is 31.4 Å². The number of nitrogens with zero attached hydrogens (tertiary/aromatic N) is 2. The number of nitrogens with one attached hydrogen (secondary N) is 2. The fourth-order valence-electron chi connectivity index (χ4n) is 3.86. The molecule has 1 aliphatic carbocycles. The highest BCUT2D eigenvalue weighted by atomic mass is 16.6. The summed E-state index contributed by atoms with van der Waals surface area (Å²) in [5.41, 5.74) is 0.736. The highest BCUT2D eigenvalue weighted by Gasteiger charge is 2.47. The van der Waals surface area contributed by atoms with Gasteiger partial charge >= 0.3 is 0 Å². The normalized spacial score (nSPS) is 21.4. The Labute approximate surface area is 162 Å². The summed E-state index contributed by atoms with van der Waals surface area (Å²) in [4.78, 5) is 48.1. The Morgan fingerprint density at radius 2 is 1.68 bits per heavy atom. The van der Waals surface area contributed by atoms with Crippen LogP contribution in [0.4, 0.5) is 11.4 Å². The Kier molecular flexibility index (Phi) is 6.23. The van der Waals surface area contributed by atoms with E-state index in [1.165, 1.54) is 17.0 Å². The highest BCUT2D eigenvalue weighted by molar-refractivity contribution is 6.05. The van der Waals surface area contributed by atoms with Crippen LogP contribution in [-0.2, 0) is 14.4 Å². The number of imide groups is 1. The maximum absolute atomic E-state index is 12.4. The van der Waals surface area contributed by atoms with Crippen molar-refractivity contribution in [3.63, 3.8) is 0 Å². The summed E-state index contributed by atoms with van der Waals surface area (Å²) < 4.78 is 0. The van der Waals surface area contributed by atoms with Gasteiger partial charge in [0.15, 0.2) is 0 Å². The average Bonchev–Trinajstić information content (AvgIpc) is 2.94. The molecule has 1 aromatic carbocycles. The van der Waals surface area contributed by atoms with Crippen LogP contribution in [-0.4, -0.2) is 47.2 Å². The van der Waals surface area contributed by atoms with E-state index < -0.39 is 4.92 Å². The zero-order valence-corrected chi connectivity index (χ0v) is 15.6. The van der Waals surface area contributed by atoms with Gasteiger partial charge in [-0.25, -0.2) is 0 Å². The summed E-state index contributed by atoms with van der Waals surface area (Å²) in [6.07, 6.45) is 3.60. The number of nitro benzene ring substituents is 1. The summed E-state index contributed by atoms with van der Waals surface area (Å²) in [6.45, 7) is 0.949. The molecule has 1 aliphatic heterocycles. The summed E-state index contributed by atoms with van der Waals surface area (Å²) in [6, 6.07) is 6.01. The monoisotopic (exact) mass is 388 g/mol. The van der Waals surface area contributed by atoms with Crippen LogP contribution in [0.2, 0.25) is 0 Å². The number of non-ortho nitro benzene ring substituents is 1. The van der Waals surface area contributed by atoms with Gasteiger partial charge in [0.1, 0.15) is 0 Å². The van der Waals surface area contributed by atoms with Crippen LogP contribution in [0, 0.1) is 22.0 Å². The van der Waals surface area contributed by atoms with E-state index in [2.05, 4.69) is 10.6 Å². The fraction of sp³-hybridized carbons (Fsp3) is 0.526. The predicted octanol–water partition coefficient (Wildman–Crippen LogP) is 1.69. The Morgan fingerprint density at radius 3 is 2.25 bits per heavy atom. The van der Waals surface area contributed by atoms with Crippen molar-refractivity contribution in [2.24, 2.45) is 11.8 Å². The molecule has 150 valence electrons. The lowest BCUT2D eigenvalue weighted by Gasteiger charge is -2.19. The molecule has 0 bridgehead atoms. The lowest BCUT2D eigenvalue weighted by molar-refractivity contribution is -0.384. The van der Waals surface area contributed by atoms with Gasteiger partial charge in [-0.05, 0) is 25.0 Å². The molecule has 2 aliphatic rings. The van der Waals surface area contributed by atoms with Crippen LogP contribution in [0.25, 0.3) is 0 Å². The SMILES string of the molecule is O=C(CCN1C(=O)C2CCCCC2C1=O)NCCNc1ccc([N+](=O)[O-])cc1. The molecule has 1 saturated carbocycles. The van der Waals surface area contributed by atoms with Crippen LogP contribution in [0.15, 0.2) is 24.3 Å². The van der Waals surface area contributed by atoms with Gasteiger partial charge in [-0.1, -0.05) is 12.8 Å². The minimum absolute atomic E-state index is 0.0182. The first-order chi connectivity index (χ1) is 13.5. The summed E-state index contributed by atoms with van der Waals surface area (Å²) >= 11 is 0. The topological polar surface area (TPSA) is 122 Å². The largest absolute Gasteiger partial charge is 0.383 e.